The first-order valence-electron chi connectivity index (χ1n) is 5.49. The van der Waals surface area contributed by atoms with E-state index in [2.05, 4.69) is 4.98 Å². The van der Waals surface area contributed by atoms with Crippen molar-refractivity contribution in [2.24, 2.45) is 0 Å². The number of pyridine rings is 1. The molecule has 0 aromatic carbocycles. The Kier molecular flexibility index (Phi) is 3.88. The van der Waals surface area contributed by atoms with Gasteiger partial charge in [-0.1, -0.05) is 0 Å². The van der Waals surface area contributed by atoms with Crippen LogP contribution in [-0.4, -0.2) is 13.4 Å². The summed E-state index contributed by atoms with van der Waals surface area (Å²) in [7, 11) is -3.64. The Hall–Kier alpha value is -1.41. The number of aryl methyl sites for hydroxylation is 1. The fourth-order valence-corrected chi connectivity index (χ4v) is 4.57. The monoisotopic (exact) mass is 321 g/mol. The second-order valence-electron chi connectivity index (χ2n) is 4.20. The van der Waals surface area contributed by atoms with Crippen molar-refractivity contribution >= 4 is 21.2 Å². The fraction of sp³-hybridized carbons (Fsp3) is 0.250. The maximum Gasteiger partial charge on any atom is 0.433 e. The third-order valence-corrected chi connectivity index (χ3v) is 6.03. The van der Waals surface area contributed by atoms with E-state index in [-0.39, 0.29) is 9.77 Å². The first-order chi connectivity index (χ1) is 9.20. The summed E-state index contributed by atoms with van der Waals surface area (Å²) in [5.41, 5.74) is -0.423. The molecule has 2 aromatic heterocycles. The number of halogens is 3. The molecule has 0 aliphatic heterocycles. The number of thiophene rings is 1. The van der Waals surface area contributed by atoms with E-state index in [0.29, 0.717) is 5.56 Å². The van der Waals surface area contributed by atoms with Crippen molar-refractivity contribution in [2.75, 3.05) is 0 Å². The Morgan fingerprint density at radius 1 is 1.30 bits per heavy atom. The second kappa shape index (κ2) is 5.17. The lowest BCUT2D eigenvalue weighted by Crippen LogP contribution is -2.10. The second-order valence-corrected chi connectivity index (χ2v) is 7.30. The first-order valence-corrected chi connectivity index (χ1v) is 8.02. The Bertz CT molecular complexity index is 720. The molecule has 0 unspecified atom stereocenters. The third kappa shape index (κ3) is 3.18. The predicted octanol–water partition coefficient (Wildman–Crippen LogP) is 3.44. The molecule has 0 saturated carbocycles. The summed E-state index contributed by atoms with van der Waals surface area (Å²) in [5, 5.41) is 1.63. The van der Waals surface area contributed by atoms with E-state index in [0.717, 1.165) is 23.6 Å². The number of aromatic nitrogens is 1. The number of hydrogen-bond acceptors (Lipinski definition) is 4. The number of rotatable bonds is 3. The zero-order valence-corrected chi connectivity index (χ0v) is 11.9. The average molecular weight is 321 g/mol. The van der Waals surface area contributed by atoms with E-state index in [9.17, 15) is 21.6 Å². The molecule has 0 radical (unpaired) electrons. The van der Waals surface area contributed by atoms with Gasteiger partial charge in [0.25, 0.3) is 0 Å². The predicted molar refractivity (Wildman–Crippen MR) is 69.2 cm³/mol. The lowest BCUT2D eigenvalue weighted by molar-refractivity contribution is -0.141. The van der Waals surface area contributed by atoms with Crippen LogP contribution >= 0.6 is 11.3 Å². The van der Waals surface area contributed by atoms with Gasteiger partial charge in [-0.3, -0.25) is 4.98 Å². The highest BCUT2D eigenvalue weighted by Crippen LogP contribution is 2.29. The molecule has 2 aromatic rings. The molecule has 0 aliphatic carbocycles. The molecule has 0 fully saturated rings. The molecule has 0 atom stereocenters. The van der Waals surface area contributed by atoms with Crippen LogP contribution in [0.25, 0.3) is 0 Å². The molecule has 3 nitrogen and oxygen atoms in total. The minimum absolute atomic E-state index is 0.0696. The van der Waals surface area contributed by atoms with Gasteiger partial charge in [0.2, 0.25) is 0 Å². The van der Waals surface area contributed by atoms with Crippen LogP contribution in [0.3, 0.4) is 0 Å². The van der Waals surface area contributed by atoms with Gasteiger partial charge in [-0.25, -0.2) is 8.42 Å². The van der Waals surface area contributed by atoms with Gasteiger partial charge in [-0.2, -0.15) is 13.2 Å². The molecular weight excluding hydrogens is 311 g/mol. The van der Waals surface area contributed by atoms with Gasteiger partial charge < -0.3 is 0 Å². The molecule has 0 spiro atoms. The van der Waals surface area contributed by atoms with E-state index in [1.807, 2.05) is 0 Å². The lowest BCUT2D eigenvalue weighted by atomic mass is 10.2. The Balaban J connectivity index is 2.34. The molecule has 0 bridgehead atoms. The topological polar surface area (TPSA) is 47.0 Å². The van der Waals surface area contributed by atoms with Crippen LogP contribution in [0.2, 0.25) is 0 Å². The van der Waals surface area contributed by atoms with Crippen LogP contribution in [0.15, 0.2) is 34.0 Å². The van der Waals surface area contributed by atoms with Gasteiger partial charge in [0, 0.05) is 6.20 Å². The molecule has 108 valence electrons. The molecule has 2 rings (SSSR count). The summed E-state index contributed by atoms with van der Waals surface area (Å²) in [6, 6.07) is 3.70. The van der Waals surface area contributed by atoms with Crippen LogP contribution in [0, 0.1) is 6.92 Å². The van der Waals surface area contributed by atoms with E-state index in [1.165, 1.54) is 6.07 Å². The van der Waals surface area contributed by atoms with Crippen molar-refractivity contribution in [3.05, 3.63) is 46.6 Å². The summed E-state index contributed by atoms with van der Waals surface area (Å²) < 4.78 is 62.1. The van der Waals surface area contributed by atoms with Gasteiger partial charge in [0.05, 0.1) is 5.75 Å². The molecular formula is C12H10F3NO2S2. The SMILES string of the molecule is Cc1ccsc1S(=O)(=O)Cc1ccnc(C(F)(F)F)c1. The minimum Gasteiger partial charge on any atom is -0.252 e. The molecule has 0 saturated heterocycles. The van der Waals surface area contributed by atoms with Gasteiger partial charge in [0.15, 0.2) is 9.84 Å². The Morgan fingerprint density at radius 2 is 2.00 bits per heavy atom. The smallest absolute Gasteiger partial charge is 0.252 e. The van der Waals surface area contributed by atoms with Gasteiger partial charge in [-0.05, 0) is 41.6 Å². The van der Waals surface area contributed by atoms with Crippen molar-refractivity contribution in [1.82, 2.24) is 4.98 Å². The Morgan fingerprint density at radius 3 is 2.55 bits per heavy atom. The summed E-state index contributed by atoms with van der Waals surface area (Å²) in [5.74, 6) is -0.472. The first kappa shape index (κ1) is 15.0. The maximum absolute atomic E-state index is 12.5. The van der Waals surface area contributed by atoms with Gasteiger partial charge in [-0.15, -0.1) is 11.3 Å². The highest BCUT2D eigenvalue weighted by atomic mass is 32.2. The zero-order chi connectivity index (χ0) is 15.0. The number of sulfone groups is 1. The van der Waals surface area contributed by atoms with Crippen molar-refractivity contribution in [2.45, 2.75) is 23.1 Å². The number of alkyl halides is 3. The van der Waals surface area contributed by atoms with E-state index < -0.39 is 27.5 Å². The molecule has 2 heterocycles. The van der Waals surface area contributed by atoms with Gasteiger partial charge in [0.1, 0.15) is 9.90 Å². The van der Waals surface area contributed by atoms with Crippen molar-refractivity contribution in [3.63, 3.8) is 0 Å². The molecule has 8 heteroatoms. The standard InChI is InChI=1S/C12H10F3NO2S2/c1-8-3-5-19-11(8)20(17,18)7-9-2-4-16-10(6-9)12(13,14)15/h2-6H,7H2,1H3. The maximum atomic E-state index is 12.5. The van der Waals surface area contributed by atoms with Crippen molar-refractivity contribution in [1.29, 1.82) is 0 Å². The normalized spacial score (nSPS) is 12.6. The summed E-state index contributed by atoms with van der Waals surface area (Å²) >= 11 is 1.06. The highest BCUT2D eigenvalue weighted by molar-refractivity contribution is 7.92. The molecule has 0 N–H and O–H groups in total. The van der Waals surface area contributed by atoms with E-state index in [1.54, 1.807) is 18.4 Å². The largest absolute Gasteiger partial charge is 0.433 e. The summed E-state index contributed by atoms with van der Waals surface area (Å²) in [4.78, 5) is 3.20. The summed E-state index contributed by atoms with van der Waals surface area (Å²) in [6.45, 7) is 1.65. The minimum atomic E-state index is -4.58. The average Bonchev–Trinajstić information content (AvgIpc) is 2.75. The zero-order valence-electron chi connectivity index (χ0n) is 10.3. The van der Waals surface area contributed by atoms with Crippen LogP contribution in [0.1, 0.15) is 16.8 Å². The number of hydrogen-bond donors (Lipinski definition) is 0. The highest BCUT2D eigenvalue weighted by Gasteiger charge is 2.32. The molecule has 20 heavy (non-hydrogen) atoms. The Labute approximate surface area is 118 Å². The van der Waals surface area contributed by atoms with Gasteiger partial charge >= 0.3 is 6.18 Å². The molecule has 0 aliphatic rings. The van der Waals surface area contributed by atoms with Crippen LogP contribution in [0.5, 0.6) is 0 Å². The van der Waals surface area contributed by atoms with Crippen molar-refractivity contribution in [3.8, 4) is 0 Å². The van der Waals surface area contributed by atoms with E-state index in [4.69, 9.17) is 0 Å². The quantitative estimate of drug-likeness (QED) is 0.870. The molecule has 0 amide bonds. The summed E-state index contributed by atoms with van der Waals surface area (Å²) in [6.07, 6.45) is -3.62. The number of nitrogens with zero attached hydrogens (tertiary/aromatic N) is 1. The fourth-order valence-electron chi connectivity index (χ4n) is 1.68. The lowest BCUT2D eigenvalue weighted by Gasteiger charge is -2.08. The van der Waals surface area contributed by atoms with Crippen LogP contribution in [0.4, 0.5) is 13.2 Å². The van der Waals surface area contributed by atoms with Crippen LogP contribution < -0.4 is 0 Å². The van der Waals surface area contributed by atoms with E-state index >= 15 is 0 Å². The van der Waals surface area contributed by atoms with Crippen LogP contribution in [-0.2, 0) is 21.8 Å². The third-order valence-electron chi connectivity index (χ3n) is 2.57. The van der Waals surface area contributed by atoms with Crippen molar-refractivity contribution < 1.29 is 21.6 Å².